The van der Waals surface area contributed by atoms with Gasteiger partial charge in [-0.15, -0.1) is 0 Å². The molecule has 0 aliphatic heterocycles. The van der Waals surface area contributed by atoms with Crippen LogP contribution in [0.2, 0.25) is 5.15 Å². The Morgan fingerprint density at radius 3 is 2.83 bits per heavy atom. The molecule has 2 aromatic heterocycles. The van der Waals surface area contributed by atoms with E-state index in [9.17, 15) is 0 Å². The zero-order valence-corrected chi connectivity index (χ0v) is 11.7. The Balaban J connectivity index is 2.24. The zero-order valence-electron chi connectivity index (χ0n) is 10.9. The second kappa shape index (κ2) is 5.59. The van der Waals surface area contributed by atoms with Gasteiger partial charge in [0.2, 0.25) is 0 Å². The van der Waals surface area contributed by atoms with Crippen molar-refractivity contribution >= 4 is 11.6 Å². The first-order chi connectivity index (χ1) is 8.63. The Morgan fingerprint density at radius 1 is 1.56 bits per heavy atom. The van der Waals surface area contributed by atoms with Crippen LogP contribution in [0.3, 0.4) is 0 Å². The molecule has 5 heteroatoms. The highest BCUT2D eigenvalue weighted by Gasteiger charge is 2.18. The number of aromatic nitrogens is 2. The van der Waals surface area contributed by atoms with Gasteiger partial charge in [0.15, 0.2) is 0 Å². The van der Waals surface area contributed by atoms with Crippen LogP contribution in [0.1, 0.15) is 29.8 Å². The maximum absolute atomic E-state index is 6.27. The van der Waals surface area contributed by atoms with E-state index in [1.54, 1.807) is 17.2 Å². The van der Waals surface area contributed by atoms with Crippen molar-refractivity contribution in [1.82, 2.24) is 15.1 Å². The van der Waals surface area contributed by atoms with Gasteiger partial charge in [0.25, 0.3) is 0 Å². The lowest BCUT2D eigenvalue weighted by molar-refractivity contribution is 0.524. The van der Waals surface area contributed by atoms with Crippen LogP contribution in [-0.4, -0.2) is 16.3 Å². The van der Waals surface area contributed by atoms with Crippen molar-refractivity contribution in [2.75, 3.05) is 6.54 Å². The van der Waals surface area contributed by atoms with Crippen LogP contribution in [-0.2, 0) is 13.5 Å². The predicted octanol–water partition coefficient (Wildman–Crippen LogP) is 2.87. The Bertz CT molecular complexity index is 505. The summed E-state index contributed by atoms with van der Waals surface area (Å²) >= 11 is 6.27. The Hall–Kier alpha value is -1.26. The highest BCUT2D eigenvalue weighted by atomic mass is 35.5. The Kier molecular flexibility index (Phi) is 4.09. The Labute approximate surface area is 112 Å². The van der Waals surface area contributed by atoms with Crippen LogP contribution in [0, 0.1) is 6.92 Å². The third-order valence-corrected chi connectivity index (χ3v) is 3.55. The molecule has 0 saturated heterocycles. The standard InChI is InChI=1S/C13H18ClN3O/c1-4-15-12(10-5-6-18-8-10)7-11-9(2)16-17(3)13(11)14/h5-6,8,12,15H,4,7H2,1-3H3. The number of furan rings is 1. The number of hydrogen-bond donors (Lipinski definition) is 1. The van der Waals surface area contributed by atoms with E-state index >= 15 is 0 Å². The minimum Gasteiger partial charge on any atom is -0.472 e. The summed E-state index contributed by atoms with van der Waals surface area (Å²) in [6.45, 7) is 4.97. The minimum atomic E-state index is 0.203. The van der Waals surface area contributed by atoms with Gasteiger partial charge in [-0.2, -0.15) is 5.10 Å². The number of nitrogens with one attached hydrogen (secondary N) is 1. The van der Waals surface area contributed by atoms with E-state index in [0.717, 1.165) is 29.8 Å². The summed E-state index contributed by atoms with van der Waals surface area (Å²) in [6, 6.07) is 2.18. The zero-order chi connectivity index (χ0) is 13.1. The largest absolute Gasteiger partial charge is 0.472 e. The lowest BCUT2D eigenvalue weighted by Gasteiger charge is -2.16. The van der Waals surface area contributed by atoms with Gasteiger partial charge in [-0.25, -0.2) is 0 Å². The van der Waals surface area contributed by atoms with Crippen LogP contribution >= 0.6 is 11.6 Å². The molecular formula is C13H18ClN3O. The number of hydrogen-bond acceptors (Lipinski definition) is 3. The van der Waals surface area contributed by atoms with Gasteiger partial charge < -0.3 is 9.73 Å². The van der Waals surface area contributed by atoms with E-state index in [0.29, 0.717) is 5.15 Å². The van der Waals surface area contributed by atoms with Crippen LogP contribution in [0.25, 0.3) is 0 Å². The maximum atomic E-state index is 6.27. The third kappa shape index (κ3) is 2.60. The average molecular weight is 268 g/mol. The van der Waals surface area contributed by atoms with Crippen molar-refractivity contribution in [3.05, 3.63) is 40.6 Å². The summed E-state index contributed by atoms with van der Waals surface area (Å²) < 4.78 is 6.86. The van der Waals surface area contributed by atoms with E-state index in [1.165, 1.54) is 0 Å². The summed E-state index contributed by atoms with van der Waals surface area (Å²) in [6.07, 6.45) is 4.27. The van der Waals surface area contributed by atoms with Gasteiger partial charge in [-0.3, -0.25) is 4.68 Å². The third-order valence-electron chi connectivity index (χ3n) is 3.07. The molecule has 1 atom stereocenters. The molecule has 2 rings (SSSR count). The lowest BCUT2D eigenvalue weighted by Crippen LogP contribution is -2.22. The van der Waals surface area contributed by atoms with Crippen LogP contribution in [0.5, 0.6) is 0 Å². The van der Waals surface area contributed by atoms with Crippen molar-refractivity contribution in [1.29, 1.82) is 0 Å². The molecule has 98 valence electrons. The maximum Gasteiger partial charge on any atom is 0.130 e. The summed E-state index contributed by atoms with van der Waals surface area (Å²) in [7, 11) is 1.86. The SMILES string of the molecule is CCNC(Cc1c(C)nn(C)c1Cl)c1ccoc1. The molecule has 2 heterocycles. The van der Waals surface area contributed by atoms with Gasteiger partial charge in [0.05, 0.1) is 18.2 Å². The molecular weight excluding hydrogens is 250 g/mol. The van der Waals surface area contributed by atoms with E-state index in [4.69, 9.17) is 16.0 Å². The number of nitrogens with zero attached hydrogens (tertiary/aromatic N) is 2. The number of aryl methyl sites for hydroxylation is 2. The Morgan fingerprint density at radius 2 is 2.33 bits per heavy atom. The summed E-state index contributed by atoms with van der Waals surface area (Å²) in [5, 5.41) is 8.49. The molecule has 0 spiro atoms. The molecule has 1 N–H and O–H groups in total. The normalized spacial score (nSPS) is 12.9. The lowest BCUT2D eigenvalue weighted by atomic mass is 10.0. The molecule has 2 aromatic rings. The number of halogens is 1. The quantitative estimate of drug-likeness (QED) is 0.906. The van der Waals surface area contributed by atoms with Crippen molar-refractivity contribution in [3.63, 3.8) is 0 Å². The molecule has 0 amide bonds. The smallest absolute Gasteiger partial charge is 0.130 e. The van der Waals surface area contributed by atoms with Crippen LogP contribution in [0.4, 0.5) is 0 Å². The first kappa shape index (κ1) is 13.2. The first-order valence-corrected chi connectivity index (χ1v) is 6.44. The molecule has 0 fully saturated rings. The highest BCUT2D eigenvalue weighted by molar-refractivity contribution is 6.30. The molecule has 0 aliphatic carbocycles. The van der Waals surface area contributed by atoms with Crippen LogP contribution in [0.15, 0.2) is 23.0 Å². The molecule has 0 aromatic carbocycles. The van der Waals surface area contributed by atoms with E-state index in [-0.39, 0.29) is 6.04 Å². The van der Waals surface area contributed by atoms with E-state index in [2.05, 4.69) is 17.3 Å². The summed E-state index contributed by atoms with van der Waals surface area (Å²) in [5.41, 5.74) is 3.20. The summed E-state index contributed by atoms with van der Waals surface area (Å²) in [4.78, 5) is 0. The topological polar surface area (TPSA) is 43.0 Å². The molecule has 18 heavy (non-hydrogen) atoms. The monoisotopic (exact) mass is 267 g/mol. The minimum absolute atomic E-state index is 0.203. The van der Waals surface area contributed by atoms with Crippen LogP contribution < -0.4 is 5.32 Å². The second-order valence-corrected chi connectivity index (χ2v) is 4.71. The molecule has 4 nitrogen and oxygen atoms in total. The average Bonchev–Trinajstić information content (AvgIpc) is 2.93. The van der Waals surface area contributed by atoms with Crippen molar-refractivity contribution in [3.8, 4) is 0 Å². The highest BCUT2D eigenvalue weighted by Crippen LogP contribution is 2.25. The predicted molar refractivity (Wildman–Crippen MR) is 71.8 cm³/mol. The van der Waals surface area contributed by atoms with Gasteiger partial charge >= 0.3 is 0 Å². The molecule has 1 unspecified atom stereocenters. The summed E-state index contributed by atoms with van der Waals surface area (Å²) in [5.74, 6) is 0. The van der Waals surface area contributed by atoms with Gasteiger partial charge in [-0.05, 0) is 26.0 Å². The van der Waals surface area contributed by atoms with Crippen molar-refractivity contribution in [2.45, 2.75) is 26.3 Å². The van der Waals surface area contributed by atoms with E-state index < -0.39 is 0 Å². The number of likely N-dealkylation sites (N-methyl/N-ethyl adjacent to an activating group) is 1. The molecule has 0 aliphatic rings. The number of rotatable bonds is 5. The van der Waals surface area contributed by atoms with Gasteiger partial charge in [0, 0.05) is 24.2 Å². The molecule has 0 saturated carbocycles. The van der Waals surface area contributed by atoms with Gasteiger partial charge in [-0.1, -0.05) is 18.5 Å². The van der Waals surface area contributed by atoms with Crippen molar-refractivity contribution < 1.29 is 4.42 Å². The van der Waals surface area contributed by atoms with Crippen molar-refractivity contribution in [2.24, 2.45) is 7.05 Å². The molecule has 0 radical (unpaired) electrons. The fourth-order valence-corrected chi connectivity index (χ4v) is 2.39. The fourth-order valence-electron chi connectivity index (χ4n) is 2.14. The second-order valence-electron chi connectivity index (χ2n) is 4.35. The molecule has 0 bridgehead atoms. The fraction of sp³-hybridized carbons (Fsp3) is 0.462. The first-order valence-electron chi connectivity index (χ1n) is 6.07. The van der Waals surface area contributed by atoms with E-state index in [1.807, 2.05) is 20.0 Å². The van der Waals surface area contributed by atoms with Gasteiger partial charge in [0.1, 0.15) is 5.15 Å².